The number of fused-ring (bicyclic) bond motifs is 2. The molecule has 0 aromatic heterocycles. The minimum Gasteiger partial charge on any atom is -0.326 e. The van der Waals surface area contributed by atoms with Gasteiger partial charge in [-0.2, -0.15) is 4.99 Å². The van der Waals surface area contributed by atoms with E-state index in [4.69, 9.17) is 4.99 Å². The summed E-state index contributed by atoms with van der Waals surface area (Å²) in [5.41, 5.74) is 3.53. The highest BCUT2D eigenvalue weighted by atomic mass is 32.2. The summed E-state index contributed by atoms with van der Waals surface area (Å²) in [7, 11) is 0. The van der Waals surface area contributed by atoms with Crippen LogP contribution in [0.25, 0.3) is 0 Å². The second kappa shape index (κ2) is 8.73. The Morgan fingerprint density at radius 1 is 1.19 bits per heavy atom. The maximum Gasteiger partial charge on any atom is 0.261 e. The Kier molecular flexibility index (Phi) is 6.20. The average molecular weight is 438 g/mol. The zero-order valence-corrected chi connectivity index (χ0v) is 19.6. The van der Waals surface area contributed by atoms with Crippen molar-refractivity contribution in [3.05, 3.63) is 40.3 Å². The SMILES string of the molecule is CCc1ccc(NC(=O)CCC2=NC(=O)C3C(=N2)SC2=C3CCC(C(C)(C)C)C2)cc1. The van der Waals surface area contributed by atoms with E-state index in [1.807, 2.05) is 24.3 Å². The minimum absolute atomic E-state index is 0.0914. The number of carbonyl (C=O) groups is 2. The molecule has 0 bridgehead atoms. The minimum atomic E-state index is -0.268. The van der Waals surface area contributed by atoms with Gasteiger partial charge in [-0.15, -0.1) is 0 Å². The number of aliphatic imine (C=N–C) groups is 2. The summed E-state index contributed by atoms with van der Waals surface area (Å²) in [5.74, 6) is 0.640. The molecule has 0 radical (unpaired) electrons. The van der Waals surface area contributed by atoms with Gasteiger partial charge in [0.15, 0.2) is 0 Å². The molecular weight excluding hydrogens is 406 g/mol. The van der Waals surface area contributed by atoms with E-state index >= 15 is 0 Å². The molecule has 0 spiro atoms. The van der Waals surface area contributed by atoms with Crippen molar-refractivity contribution in [1.29, 1.82) is 0 Å². The van der Waals surface area contributed by atoms with Crippen molar-refractivity contribution in [2.24, 2.45) is 27.2 Å². The molecule has 0 fully saturated rings. The van der Waals surface area contributed by atoms with Gasteiger partial charge in [0, 0.05) is 18.5 Å². The van der Waals surface area contributed by atoms with Crippen LogP contribution in [0.1, 0.15) is 65.4 Å². The first-order chi connectivity index (χ1) is 14.7. The lowest BCUT2D eigenvalue weighted by Crippen LogP contribution is -2.28. The van der Waals surface area contributed by atoms with Gasteiger partial charge in [-0.3, -0.25) is 9.59 Å². The fourth-order valence-corrected chi connectivity index (χ4v) is 5.88. The van der Waals surface area contributed by atoms with E-state index in [0.29, 0.717) is 18.2 Å². The van der Waals surface area contributed by atoms with Crippen LogP contribution in [0.15, 0.2) is 44.7 Å². The van der Waals surface area contributed by atoms with E-state index in [9.17, 15) is 9.59 Å². The number of allylic oxidation sites excluding steroid dienone is 1. The number of thioether (sulfide) groups is 1. The molecular formula is C25H31N3O2S. The summed E-state index contributed by atoms with van der Waals surface area (Å²) in [6, 6.07) is 7.86. The third-order valence-electron chi connectivity index (χ3n) is 6.55. The van der Waals surface area contributed by atoms with Gasteiger partial charge < -0.3 is 5.32 Å². The van der Waals surface area contributed by atoms with Crippen LogP contribution >= 0.6 is 11.8 Å². The Balaban J connectivity index is 1.36. The van der Waals surface area contributed by atoms with Crippen molar-refractivity contribution >= 4 is 40.1 Å². The van der Waals surface area contributed by atoms with Gasteiger partial charge in [0.2, 0.25) is 5.91 Å². The summed E-state index contributed by atoms with van der Waals surface area (Å²) in [5, 5.41) is 3.77. The van der Waals surface area contributed by atoms with Gasteiger partial charge in [-0.1, -0.05) is 51.6 Å². The number of benzene rings is 1. The molecule has 5 nitrogen and oxygen atoms in total. The maximum absolute atomic E-state index is 12.8. The molecule has 164 valence electrons. The average Bonchev–Trinajstić information content (AvgIpc) is 3.10. The van der Waals surface area contributed by atoms with Crippen LogP contribution in [-0.4, -0.2) is 22.7 Å². The Morgan fingerprint density at radius 3 is 2.61 bits per heavy atom. The normalized spacial score (nSPS) is 23.2. The number of nitrogens with one attached hydrogen (secondary N) is 1. The summed E-state index contributed by atoms with van der Waals surface area (Å²) < 4.78 is 0. The molecule has 6 heteroatoms. The molecule has 0 saturated carbocycles. The molecule has 1 aliphatic carbocycles. The molecule has 3 aliphatic rings. The predicted octanol–water partition coefficient (Wildman–Crippen LogP) is 5.77. The molecule has 1 N–H and O–H groups in total. The summed E-state index contributed by atoms with van der Waals surface area (Å²) >= 11 is 1.67. The Bertz CT molecular complexity index is 983. The highest BCUT2D eigenvalue weighted by Crippen LogP contribution is 2.52. The van der Waals surface area contributed by atoms with Gasteiger partial charge in [0.05, 0.1) is 5.04 Å². The number of carbonyl (C=O) groups excluding carboxylic acids is 2. The molecule has 31 heavy (non-hydrogen) atoms. The van der Waals surface area contributed by atoms with Crippen LogP contribution in [0.5, 0.6) is 0 Å². The lowest BCUT2D eigenvalue weighted by Gasteiger charge is -2.34. The molecule has 2 heterocycles. The van der Waals surface area contributed by atoms with Gasteiger partial charge in [0.1, 0.15) is 11.8 Å². The lowest BCUT2D eigenvalue weighted by atomic mass is 9.71. The first-order valence-electron chi connectivity index (χ1n) is 11.2. The van der Waals surface area contributed by atoms with E-state index in [-0.39, 0.29) is 29.6 Å². The number of anilines is 1. The van der Waals surface area contributed by atoms with Crippen LogP contribution in [0.2, 0.25) is 0 Å². The topological polar surface area (TPSA) is 70.9 Å². The summed E-state index contributed by atoms with van der Waals surface area (Å²) in [6.45, 7) is 8.98. The van der Waals surface area contributed by atoms with Crippen molar-refractivity contribution in [3.63, 3.8) is 0 Å². The fraction of sp³-hybridized carbons (Fsp3) is 0.520. The smallest absolute Gasteiger partial charge is 0.261 e. The summed E-state index contributed by atoms with van der Waals surface area (Å²) in [4.78, 5) is 35.4. The zero-order valence-electron chi connectivity index (χ0n) is 18.8. The number of amidine groups is 1. The van der Waals surface area contributed by atoms with E-state index < -0.39 is 0 Å². The molecule has 2 atom stereocenters. The van der Waals surface area contributed by atoms with Crippen molar-refractivity contribution in [2.75, 3.05) is 5.32 Å². The summed E-state index contributed by atoms with van der Waals surface area (Å²) in [6.07, 6.45) is 4.71. The van der Waals surface area contributed by atoms with Crippen LogP contribution < -0.4 is 5.32 Å². The number of amides is 2. The molecule has 2 unspecified atom stereocenters. The zero-order chi connectivity index (χ0) is 22.2. The van der Waals surface area contributed by atoms with Gasteiger partial charge >= 0.3 is 0 Å². The predicted molar refractivity (Wildman–Crippen MR) is 128 cm³/mol. The maximum atomic E-state index is 12.8. The quantitative estimate of drug-likeness (QED) is 0.636. The number of rotatable bonds is 5. The van der Waals surface area contributed by atoms with Crippen LogP contribution in [0, 0.1) is 17.3 Å². The van der Waals surface area contributed by atoms with E-state index in [1.54, 1.807) is 11.8 Å². The molecule has 0 saturated heterocycles. The van der Waals surface area contributed by atoms with Gasteiger partial charge in [-0.05, 0) is 65.2 Å². The molecule has 4 rings (SSSR count). The van der Waals surface area contributed by atoms with Crippen molar-refractivity contribution in [3.8, 4) is 0 Å². The fourth-order valence-electron chi connectivity index (χ4n) is 4.48. The Labute approximate surface area is 188 Å². The largest absolute Gasteiger partial charge is 0.326 e. The molecule has 1 aromatic carbocycles. The van der Waals surface area contributed by atoms with E-state index in [0.717, 1.165) is 36.4 Å². The van der Waals surface area contributed by atoms with Gasteiger partial charge in [-0.25, -0.2) is 4.99 Å². The van der Waals surface area contributed by atoms with E-state index in [2.05, 4.69) is 38.0 Å². The number of aryl methyl sites for hydroxylation is 1. The highest BCUT2D eigenvalue weighted by molar-refractivity contribution is 8.17. The standard InChI is InChI=1S/C25H31N3O2S/c1-5-15-6-9-17(10-7-15)26-21(29)13-12-20-27-23(30)22-18-11-8-16(25(2,3)4)14-19(18)31-24(22)28-20/h6-7,9-10,16,22H,5,8,11-14H2,1-4H3,(H,26,29). The Hall–Kier alpha value is -2.21. The second-order valence-electron chi connectivity index (χ2n) is 9.70. The number of hydrogen-bond donors (Lipinski definition) is 1. The molecule has 1 aromatic rings. The first-order valence-corrected chi connectivity index (χ1v) is 12.0. The van der Waals surface area contributed by atoms with E-state index in [1.165, 1.54) is 16.0 Å². The number of hydrogen-bond acceptors (Lipinski definition) is 4. The third kappa shape index (κ3) is 4.84. The van der Waals surface area contributed by atoms with Gasteiger partial charge in [0.25, 0.3) is 5.91 Å². The number of nitrogens with zero attached hydrogens (tertiary/aromatic N) is 2. The second-order valence-corrected chi connectivity index (χ2v) is 10.8. The first kappa shape index (κ1) is 22.0. The van der Waals surface area contributed by atoms with Crippen LogP contribution in [-0.2, 0) is 16.0 Å². The van der Waals surface area contributed by atoms with Crippen LogP contribution in [0.3, 0.4) is 0 Å². The lowest BCUT2D eigenvalue weighted by molar-refractivity contribution is -0.119. The molecule has 2 amide bonds. The molecule has 2 aliphatic heterocycles. The van der Waals surface area contributed by atoms with Crippen molar-refractivity contribution in [1.82, 2.24) is 0 Å². The monoisotopic (exact) mass is 437 g/mol. The van der Waals surface area contributed by atoms with Crippen molar-refractivity contribution < 1.29 is 9.59 Å². The highest BCUT2D eigenvalue weighted by Gasteiger charge is 2.43. The third-order valence-corrected chi connectivity index (χ3v) is 7.76. The van der Waals surface area contributed by atoms with Crippen molar-refractivity contribution in [2.45, 2.75) is 66.2 Å². The Morgan fingerprint density at radius 2 is 1.94 bits per heavy atom. The van der Waals surface area contributed by atoms with Crippen LogP contribution in [0.4, 0.5) is 5.69 Å².